The first kappa shape index (κ1) is 12.0. The molecule has 16 heavy (non-hydrogen) atoms. The number of rotatable bonds is 2. The summed E-state index contributed by atoms with van der Waals surface area (Å²) in [5, 5.41) is 3.59. The molecule has 0 saturated heterocycles. The molecule has 1 aromatic rings. The Labute approximate surface area is 111 Å². The lowest BCUT2D eigenvalue weighted by atomic mass is 9.97. The maximum absolute atomic E-state index is 6.01. The summed E-state index contributed by atoms with van der Waals surface area (Å²) >= 11 is 2.29. The molecule has 0 spiro atoms. The summed E-state index contributed by atoms with van der Waals surface area (Å²) < 4.78 is 1.19. The summed E-state index contributed by atoms with van der Waals surface area (Å²) in [5.74, 6) is 1.56. The molecule has 1 aliphatic rings. The Hall–Kier alpha value is -0.450. The van der Waals surface area contributed by atoms with Crippen LogP contribution < -0.4 is 11.1 Å². The summed E-state index contributed by atoms with van der Waals surface area (Å²) in [6.45, 7) is 4.67. The Kier molecular flexibility index (Phi) is 3.62. The van der Waals surface area contributed by atoms with Gasteiger partial charge in [-0.1, -0.05) is 13.8 Å². The molecule has 0 heterocycles. The van der Waals surface area contributed by atoms with E-state index in [-0.39, 0.29) is 0 Å². The maximum atomic E-state index is 6.01. The van der Waals surface area contributed by atoms with Crippen LogP contribution in [0.25, 0.3) is 0 Å². The minimum Gasteiger partial charge on any atom is -0.397 e. The summed E-state index contributed by atoms with van der Waals surface area (Å²) in [7, 11) is 0. The Balaban J connectivity index is 2.09. The first-order valence-corrected chi connectivity index (χ1v) is 6.97. The number of halogens is 1. The van der Waals surface area contributed by atoms with Gasteiger partial charge in [-0.3, -0.25) is 0 Å². The van der Waals surface area contributed by atoms with Crippen molar-refractivity contribution in [3.63, 3.8) is 0 Å². The summed E-state index contributed by atoms with van der Waals surface area (Å²) in [5.41, 5.74) is 7.96. The highest BCUT2D eigenvalue weighted by Crippen LogP contribution is 2.34. The highest BCUT2D eigenvalue weighted by atomic mass is 127. The van der Waals surface area contributed by atoms with Gasteiger partial charge in [-0.2, -0.15) is 0 Å². The van der Waals surface area contributed by atoms with Crippen molar-refractivity contribution < 1.29 is 0 Å². The lowest BCUT2D eigenvalue weighted by Crippen LogP contribution is -2.24. The zero-order valence-corrected chi connectivity index (χ0v) is 12.0. The maximum Gasteiger partial charge on any atom is 0.0576 e. The van der Waals surface area contributed by atoms with Crippen LogP contribution in [0.4, 0.5) is 11.4 Å². The van der Waals surface area contributed by atoms with Crippen molar-refractivity contribution in [1.82, 2.24) is 0 Å². The summed E-state index contributed by atoms with van der Waals surface area (Å²) in [6, 6.07) is 6.79. The van der Waals surface area contributed by atoms with Gasteiger partial charge in [-0.15, -0.1) is 0 Å². The molecule has 0 aromatic heterocycles. The number of hydrogen-bond acceptors (Lipinski definition) is 2. The van der Waals surface area contributed by atoms with Gasteiger partial charge in [-0.05, 0) is 65.5 Å². The van der Waals surface area contributed by atoms with E-state index in [9.17, 15) is 0 Å². The van der Waals surface area contributed by atoms with Crippen molar-refractivity contribution in [2.75, 3.05) is 11.1 Å². The standard InChI is InChI=1S/C13H19IN2/c1-8-3-5-12(9(8)2)16-13-6-4-10(14)7-11(13)15/h4,6-9,12,16H,3,5,15H2,1-2H3. The second-order valence-electron chi connectivity index (χ2n) is 4.90. The zero-order valence-electron chi connectivity index (χ0n) is 9.83. The van der Waals surface area contributed by atoms with Crippen LogP contribution in [0.2, 0.25) is 0 Å². The average molecular weight is 330 g/mol. The molecular formula is C13H19IN2. The van der Waals surface area contributed by atoms with Gasteiger partial charge in [0.05, 0.1) is 11.4 Å². The molecule has 3 atom stereocenters. The van der Waals surface area contributed by atoms with E-state index in [1.165, 1.54) is 16.4 Å². The van der Waals surface area contributed by atoms with Gasteiger partial charge < -0.3 is 11.1 Å². The quantitative estimate of drug-likeness (QED) is 0.641. The molecule has 0 aliphatic heterocycles. The predicted molar refractivity (Wildman–Crippen MR) is 78.5 cm³/mol. The molecule has 3 N–H and O–H groups in total. The number of anilines is 2. The van der Waals surface area contributed by atoms with Crippen molar-refractivity contribution >= 4 is 34.0 Å². The van der Waals surface area contributed by atoms with Crippen LogP contribution in [0.3, 0.4) is 0 Å². The van der Waals surface area contributed by atoms with Crippen molar-refractivity contribution in [1.29, 1.82) is 0 Å². The fraction of sp³-hybridized carbons (Fsp3) is 0.538. The molecule has 1 fully saturated rings. The van der Waals surface area contributed by atoms with Gasteiger partial charge in [-0.25, -0.2) is 0 Å². The second kappa shape index (κ2) is 4.82. The third-order valence-corrected chi connectivity index (χ3v) is 4.49. The second-order valence-corrected chi connectivity index (χ2v) is 6.14. The first-order valence-electron chi connectivity index (χ1n) is 5.89. The predicted octanol–water partition coefficient (Wildman–Crippen LogP) is 3.72. The number of hydrogen-bond donors (Lipinski definition) is 2. The van der Waals surface area contributed by atoms with E-state index in [2.05, 4.69) is 53.9 Å². The molecule has 1 saturated carbocycles. The average Bonchev–Trinajstić information content (AvgIpc) is 2.54. The molecular weight excluding hydrogens is 311 g/mol. The molecule has 3 heteroatoms. The van der Waals surface area contributed by atoms with Crippen LogP contribution in [0.5, 0.6) is 0 Å². The number of nitrogens with one attached hydrogen (secondary N) is 1. The Morgan fingerprint density at radius 1 is 1.31 bits per heavy atom. The summed E-state index contributed by atoms with van der Waals surface area (Å²) in [6.07, 6.45) is 2.58. The van der Waals surface area contributed by atoms with E-state index in [4.69, 9.17) is 5.73 Å². The largest absolute Gasteiger partial charge is 0.397 e. The Bertz CT molecular complexity index is 378. The van der Waals surface area contributed by atoms with Crippen molar-refractivity contribution in [2.45, 2.75) is 32.7 Å². The van der Waals surface area contributed by atoms with Crippen LogP contribution in [0.15, 0.2) is 18.2 Å². The SMILES string of the molecule is CC1CCC(Nc2ccc(I)cc2N)C1C. The topological polar surface area (TPSA) is 38.0 Å². The van der Waals surface area contributed by atoms with E-state index in [0.717, 1.165) is 23.2 Å². The summed E-state index contributed by atoms with van der Waals surface area (Å²) in [4.78, 5) is 0. The molecule has 1 aromatic carbocycles. The van der Waals surface area contributed by atoms with Gasteiger partial charge in [0, 0.05) is 9.61 Å². The van der Waals surface area contributed by atoms with Crippen molar-refractivity contribution in [3.8, 4) is 0 Å². The van der Waals surface area contributed by atoms with Gasteiger partial charge in [0.25, 0.3) is 0 Å². The zero-order chi connectivity index (χ0) is 11.7. The molecule has 88 valence electrons. The molecule has 1 aliphatic carbocycles. The molecule has 0 radical (unpaired) electrons. The lowest BCUT2D eigenvalue weighted by Gasteiger charge is -2.21. The minimum absolute atomic E-state index is 0.581. The highest BCUT2D eigenvalue weighted by Gasteiger charge is 2.29. The van der Waals surface area contributed by atoms with Crippen molar-refractivity contribution in [2.24, 2.45) is 11.8 Å². The Morgan fingerprint density at radius 2 is 2.06 bits per heavy atom. The van der Waals surface area contributed by atoms with Gasteiger partial charge in [0.2, 0.25) is 0 Å². The smallest absolute Gasteiger partial charge is 0.0576 e. The molecule has 2 rings (SSSR count). The van der Waals surface area contributed by atoms with E-state index in [1.807, 2.05) is 6.07 Å². The molecule has 2 nitrogen and oxygen atoms in total. The lowest BCUT2D eigenvalue weighted by molar-refractivity contribution is 0.435. The van der Waals surface area contributed by atoms with Crippen LogP contribution in [0, 0.1) is 15.4 Å². The van der Waals surface area contributed by atoms with Gasteiger partial charge in [0.15, 0.2) is 0 Å². The first-order chi connectivity index (χ1) is 7.58. The van der Waals surface area contributed by atoms with E-state index >= 15 is 0 Å². The van der Waals surface area contributed by atoms with Crippen LogP contribution in [-0.4, -0.2) is 6.04 Å². The molecule has 0 amide bonds. The fourth-order valence-corrected chi connectivity index (χ4v) is 2.95. The minimum atomic E-state index is 0.581. The monoisotopic (exact) mass is 330 g/mol. The van der Waals surface area contributed by atoms with Crippen LogP contribution in [-0.2, 0) is 0 Å². The third-order valence-electron chi connectivity index (χ3n) is 3.82. The number of nitrogen functional groups attached to an aromatic ring is 1. The van der Waals surface area contributed by atoms with Crippen LogP contribution in [0.1, 0.15) is 26.7 Å². The fourth-order valence-electron chi connectivity index (χ4n) is 2.43. The van der Waals surface area contributed by atoms with E-state index in [0.29, 0.717) is 6.04 Å². The van der Waals surface area contributed by atoms with Gasteiger partial charge >= 0.3 is 0 Å². The molecule has 0 bridgehead atoms. The normalized spacial score (nSPS) is 29.3. The van der Waals surface area contributed by atoms with Crippen LogP contribution >= 0.6 is 22.6 Å². The van der Waals surface area contributed by atoms with E-state index < -0.39 is 0 Å². The molecule has 3 unspecified atom stereocenters. The highest BCUT2D eigenvalue weighted by molar-refractivity contribution is 14.1. The van der Waals surface area contributed by atoms with Gasteiger partial charge in [0.1, 0.15) is 0 Å². The van der Waals surface area contributed by atoms with E-state index in [1.54, 1.807) is 0 Å². The third kappa shape index (κ3) is 2.44. The Morgan fingerprint density at radius 3 is 2.62 bits per heavy atom. The van der Waals surface area contributed by atoms with Crippen molar-refractivity contribution in [3.05, 3.63) is 21.8 Å². The number of benzene rings is 1. The number of nitrogens with two attached hydrogens (primary N) is 1.